The van der Waals surface area contributed by atoms with Crippen LogP contribution in [-0.2, 0) is 7.05 Å². The first-order valence-corrected chi connectivity index (χ1v) is 11.0. The number of aryl methyl sites for hydroxylation is 1. The van der Waals surface area contributed by atoms with Crippen LogP contribution in [0.3, 0.4) is 0 Å². The van der Waals surface area contributed by atoms with Crippen molar-refractivity contribution >= 4 is 41.5 Å². The molecule has 0 bridgehead atoms. The number of halogens is 2. The molecule has 0 saturated carbocycles. The number of hydrogen-bond acceptors (Lipinski definition) is 8. The first kappa shape index (κ1) is 26.5. The van der Waals surface area contributed by atoms with E-state index in [1.54, 1.807) is 24.1 Å². The predicted octanol–water partition coefficient (Wildman–Crippen LogP) is 3.84. The van der Waals surface area contributed by atoms with Crippen LogP contribution in [0.25, 0.3) is 33.4 Å². The second-order valence-corrected chi connectivity index (χ2v) is 8.66. The summed E-state index contributed by atoms with van der Waals surface area (Å²) in [6.45, 7) is 6.08. The Hall–Kier alpha value is -3.14. The van der Waals surface area contributed by atoms with E-state index < -0.39 is 0 Å². The van der Waals surface area contributed by atoms with Crippen LogP contribution < -0.4 is 15.0 Å². The molecular formula is C24H29Cl2N7O2. The van der Waals surface area contributed by atoms with Gasteiger partial charge < -0.3 is 20.1 Å². The average molecular weight is 518 g/mol. The van der Waals surface area contributed by atoms with Crippen LogP contribution in [0.2, 0.25) is 0 Å². The Bertz CT molecular complexity index is 1300. The maximum absolute atomic E-state index is 10.7. The minimum Gasteiger partial charge on any atom is -0.506 e. The first-order chi connectivity index (χ1) is 15.9. The predicted molar refractivity (Wildman–Crippen MR) is 142 cm³/mol. The summed E-state index contributed by atoms with van der Waals surface area (Å²) in [7, 11) is 3.49. The van der Waals surface area contributed by atoms with Crippen molar-refractivity contribution in [2.75, 3.05) is 25.1 Å². The summed E-state index contributed by atoms with van der Waals surface area (Å²) in [6, 6.07) is 10.2. The van der Waals surface area contributed by atoms with E-state index in [2.05, 4.69) is 44.3 Å². The highest BCUT2D eigenvalue weighted by Crippen LogP contribution is 2.35. The highest BCUT2D eigenvalue weighted by atomic mass is 35.5. The zero-order valence-electron chi connectivity index (χ0n) is 20.0. The van der Waals surface area contributed by atoms with Crippen LogP contribution in [0, 0.1) is 0 Å². The van der Waals surface area contributed by atoms with E-state index in [4.69, 9.17) is 4.74 Å². The molecule has 2 atom stereocenters. The number of ether oxygens (including phenoxy) is 1. The number of methoxy groups -OCH3 is 1. The van der Waals surface area contributed by atoms with Crippen molar-refractivity contribution in [3.63, 3.8) is 0 Å². The molecule has 4 heterocycles. The van der Waals surface area contributed by atoms with Gasteiger partial charge in [-0.1, -0.05) is 0 Å². The van der Waals surface area contributed by atoms with E-state index in [-0.39, 0.29) is 30.6 Å². The number of piperazine rings is 1. The number of aromatic hydroxyl groups is 1. The number of benzene rings is 1. The SMILES string of the molecule is COc1cc(-c2cnc(-c3ccc(N4C[C@@H](C)N[C@@H](C)C4)nn3)c(O)c2)cc2cn(C)nc12.Cl.Cl. The molecule has 11 heteroatoms. The topological polar surface area (TPSA) is 101 Å². The standard InChI is InChI=1S/C24H27N7O2.2ClH/c1-14-11-31(12-15(2)26-14)22-6-5-19(27-28-22)24-20(32)8-17(10-25-24)16-7-18-13-30(3)29-23(18)21(9-16)33-4;;/h5-10,13-15,26,32H,11-12H2,1-4H3;2*1H/t14-,15+;;. The van der Waals surface area contributed by atoms with Gasteiger partial charge in [-0.05, 0) is 49.7 Å². The number of nitrogens with zero attached hydrogens (tertiary/aromatic N) is 6. The number of nitrogens with one attached hydrogen (secondary N) is 1. The summed E-state index contributed by atoms with van der Waals surface area (Å²) in [5.41, 5.74) is 3.37. The van der Waals surface area contributed by atoms with Crippen LogP contribution in [-0.4, -0.2) is 62.4 Å². The Balaban J connectivity index is 0.00000171. The summed E-state index contributed by atoms with van der Waals surface area (Å²) >= 11 is 0. The second kappa shape index (κ2) is 10.6. The third-order valence-electron chi connectivity index (χ3n) is 5.88. The number of aromatic nitrogens is 5. The van der Waals surface area contributed by atoms with Gasteiger partial charge in [-0.2, -0.15) is 5.10 Å². The Morgan fingerprint density at radius 1 is 1.03 bits per heavy atom. The largest absolute Gasteiger partial charge is 0.506 e. The van der Waals surface area contributed by atoms with Gasteiger partial charge in [0.2, 0.25) is 0 Å². The molecule has 0 amide bonds. The molecule has 3 aromatic heterocycles. The molecule has 1 aromatic carbocycles. The molecule has 0 aliphatic carbocycles. The molecule has 0 radical (unpaired) electrons. The van der Waals surface area contributed by atoms with Crippen LogP contribution in [0.5, 0.6) is 11.5 Å². The average Bonchev–Trinajstić information content (AvgIpc) is 3.18. The second-order valence-electron chi connectivity index (χ2n) is 8.66. The molecular weight excluding hydrogens is 489 g/mol. The fourth-order valence-corrected chi connectivity index (χ4v) is 4.49. The normalized spacial score (nSPS) is 17.5. The minimum absolute atomic E-state index is 0. The third-order valence-corrected chi connectivity index (χ3v) is 5.88. The number of rotatable bonds is 4. The van der Waals surface area contributed by atoms with Crippen molar-refractivity contribution in [2.24, 2.45) is 7.05 Å². The number of pyridine rings is 1. The molecule has 0 spiro atoms. The lowest BCUT2D eigenvalue weighted by molar-refractivity contribution is 0.404. The molecule has 186 valence electrons. The number of fused-ring (bicyclic) bond motifs is 1. The van der Waals surface area contributed by atoms with Gasteiger partial charge in [0.1, 0.15) is 28.4 Å². The highest BCUT2D eigenvalue weighted by molar-refractivity contribution is 5.90. The molecule has 2 N–H and O–H groups in total. The Morgan fingerprint density at radius 3 is 2.40 bits per heavy atom. The van der Waals surface area contributed by atoms with Crippen molar-refractivity contribution in [2.45, 2.75) is 25.9 Å². The van der Waals surface area contributed by atoms with Gasteiger partial charge in [-0.3, -0.25) is 4.68 Å². The van der Waals surface area contributed by atoms with Crippen molar-refractivity contribution < 1.29 is 9.84 Å². The Kier molecular flexibility index (Phi) is 8.04. The number of anilines is 1. The molecule has 4 aromatic rings. The van der Waals surface area contributed by atoms with Crippen molar-refractivity contribution in [1.29, 1.82) is 0 Å². The molecule has 1 aliphatic rings. The monoisotopic (exact) mass is 517 g/mol. The van der Waals surface area contributed by atoms with E-state index in [0.717, 1.165) is 40.9 Å². The van der Waals surface area contributed by atoms with Gasteiger partial charge in [-0.25, -0.2) is 4.98 Å². The van der Waals surface area contributed by atoms with E-state index in [0.29, 0.717) is 29.2 Å². The zero-order valence-corrected chi connectivity index (χ0v) is 21.6. The summed E-state index contributed by atoms with van der Waals surface area (Å²) in [6.07, 6.45) is 3.65. The summed E-state index contributed by atoms with van der Waals surface area (Å²) in [5.74, 6) is 1.54. The summed E-state index contributed by atoms with van der Waals surface area (Å²) in [4.78, 5) is 6.72. The Labute approximate surface area is 216 Å². The maximum Gasteiger partial charge on any atom is 0.151 e. The molecule has 0 unspecified atom stereocenters. The lowest BCUT2D eigenvalue weighted by atomic mass is 10.0. The van der Waals surface area contributed by atoms with Crippen LogP contribution in [0.4, 0.5) is 5.82 Å². The van der Waals surface area contributed by atoms with E-state index in [1.807, 2.05) is 37.5 Å². The summed E-state index contributed by atoms with van der Waals surface area (Å²) < 4.78 is 7.27. The molecule has 1 fully saturated rings. The first-order valence-electron chi connectivity index (χ1n) is 11.0. The highest BCUT2D eigenvalue weighted by Gasteiger charge is 2.22. The van der Waals surface area contributed by atoms with E-state index in [9.17, 15) is 5.11 Å². The molecule has 5 rings (SSSR count). The fourth-order valence-electron chi connectivity index (χ4n) is 4.49. The van der Waals surface area contributed by atoms with Crippen LogP contribution >= 0.6 is 24.8 Å². The van der Waals surface area contributed by atoms with Gasteiger partial charge in [0.15, 0.2) is 5.82 Å². The van der Waals surface area contributed by atoms with Gasteiger partial charge in [-0.15, -0.1) is 35.0 Å². The molecule has 1 saturated heterocycles. The third kappa shape index (κ3) is 5.27. The zero-order chi connectivity index (χ0) is 23.1. The van der Waals surface area contributed by atoms with E-state index in [1.165, 1.54) is 0 Å². The van der Waals surface area contributed by atoms with Crippen molar-refractivity contribution in [3.05, 3.63) is 42.7 Å². The van der Waals surface area contributed by atoms with Gasteiger partial charge in [0.25, 0.3) is 0 Å². The number of hydrogen-bond donors (Lipinski definition) is 2. The lowest BCUT2D eigenvalue weighted by Gasteiger charge is -2.36. The van der Waals surface area contributed by atoms with Crippen molar-refractivity contribution in [1.82, 2.24) is 30.3 Å². The lowest BCUT2D eigenvalue weighted by Crippen LogP contribution is -2.54. The summed E-state index contributed by atoms with van der Waals surface area (Å²) in [5, 5.41) is 28.4. The van der Waals surface area contributed by atoms with Crippen LogP contribution in [0.1, 0.15) is 13.8 Å². The van der Waals surface area contributed by atoms with E-state index >= 15 is 0 Å². The van der Waals surface area contributed by atoms with Gasteiger partial charge >= 0.3 is 0 Å². The van der Waals surface area contributed by atoms with Crippen LogP contribution in [0.15, 0.2) is 42.7 Å². The van der Waals surface area contributed by atoms with Gasteiger partial charge in [0.05, 0.1) is 7.11 Å². The molecule has 9 nitrogen and oxygen atoms in total. The molecule has 1 aliphatic heterocycles. The smallest absolute Gasteiger partial charge is 0.151 e. The molecule has 35 heavy (non-hydrogen) atoms. The Morgan fingerprint density at radius 2 is 1.77 bits per heavy atom. The fraction of sp³-hybridized carbons (Fsp3) is 0.333. The minimum atomic E-state index is 0. The van der Waals surface area contributed by atoms with Gasteiger partial charge in [0, 0.05) is 55.6 Å². The quantitative estimate of drug-likeness (QED) is 0.421. The van der Waals surface area contributed by atoms with Crippen molar-refractivity contribution in [3.8, 4) is 34.0 Å². The maximum atomic E-state index is 10.7.